The van der Waals surface area contributed by atoms with Crippen LogP contribution in [0, 0.1) is 5.92 Å². The maximum absolute atomic E-state index is 12.7. The van der Waals surface area contributed by atoms with Crippen LogP contribution < -0.4 is 19.5 Å². The van der Waals surface area contributed by atoms with E-state index in [9.17, 15) is 13.2 Å². The van der Waals surface area contributed by atoms with Crippen LogP contribution in [-0.4, -0.2) is 77.9 Å². The van der Waals surface area contributed by atoms with Gasteiger partial charge in [-0.05, 0) is 18.1 Å². The van der Waals surface area contributed by atoms with Crippen molar-refractivity contribution in [3.05, 3.63) is 18.2 Å². The lowest BCUT2D eigenvalue weighted by molar-refractivity contribution is -0.121. The van der Waals surface area contributed by atoms with Crippen LogP contribution in [0.2, 0.25) is 0 Å². The van der Waals surface area contributed by atoms with Gasteiger partial charge < -0.3 is 19.5 Å². The molecule has 2 heterocycles. The van der Waals surface area contributed by atoms with Gasteiger partial charge >= 0.3 is 0 Å². The molecule has 1 aromatic carbocycles. The monoisotopic (exact) mass is 483 g/mol. The molecular weight excluding hydrogens is 446 g/mol. The largest absolute Gasteiger partial charge is 0.490 e. The number of rotatable bonds is 11. The van der Waals surface area contributed by atoms with E-state index in [1.165, 1.54) is 12.1 Å². The molecule has 1 atom stereocenters. The molecule has 1 amide bonds. The number of sulfonamides is 1. The standard InChI is InChI=1S/C23H37N3O6S/c1-3-18(4-2)20(26-10-14-30-15-11-26)17-24-23(27)8-9-25-33(28,29)19-6-7-21-22(16-19)32-13-5-12-31-21/h6-7,16,18,20,25H,3-5,8-15,17H2,1-2H3,(H,24,27). The first-order chi connectivity index (χ1) is 15.9. The number of morpholine rings is 1. The summed E-state index contributed by atoms with van der Waals surface area (Å²) in [6.45, 7) is 9.12. The van der Waals surface area contributed by atoms with Gasteiger partial charge in [0.1, 0.15) is 0 Å². The Morgan fingerprint density at radius 2 is 1.76 bits per heavy atom. The molecule has 9 nitrogen and oxygen atoms in total. The third-order valence-corrected chi connectivity index (χ3v) is 7.75. The van der Waals surface area contributed by atoms with Gasteiger partial charge in [0.05, 0.1) is 31.3 Å². The summed E-state index contributed by atoms with van der Waals surface area (Å²) >= 11 is 0. The zero-order valence-corrected chi connectivity index (χ0v) is 20.5. The zero-order valence-electron chi connectivity index (χ0n) is 19.7. The molecule has 0 aromatic heterocycles. The van der Waals surface area contributed by atoms with Crippen molar-refractivity contribution in [1.29, 1.82) is 0 Å². The number of fused-ring (bicyclic) bond motifs is 1. The zero-order chi connectivity index (χ0) is 23.7. The van der Waals surface area contributed by atoms with Crippen LogP contribution in [0.25, 0.3) is 0 Å². The molecule has 1 aromatic rings. The molecule has 2 aliphatic rings. The van der Waals surface area contributed by atoms with Crippen LogP contribution in [-0.2, 0) is 19.6 Å². The van der Waals surface area contributed by atoms with Crippen molar-refractivity contribution in [3.63, 3.8) is 0 Å². The SMILES string of the molecule is CCC(CC)C(CNC(=O)CCNS(=O)(=O)c1ccc2c(c1)OCCCO2)N1CCOCC1. The molecule has 0 saturated carbocycles. The number of benzene rings is 1. The average molecular weight is 484 g/mol. The summed E-state index contributed by atoms with van der Waals surface area (Å²) in [7, 11) is -3.76. The van der Waals surface area contributed by atoms with Gasteiger partial charge in [-0.25, -0.2) is 13.1 Å². The topological polar surface area (TPSA) is 106 Å². The van der Waals surface area contributed by atoms with E-state index < -0.39 is 10.0 Å². The molecule has 2 aliphatic heterocycles. The fraction of sp³-hybridized carbons (Fsp3) is 0.696. The predicted octanol–water partition coefficient (Wildman–Crippen LogP) is 1.77. The van der Waals surface area contributed by atoms with Crippen molar-refractivity contribution < 1.29 is 27.4 Å². The highest BCUT2D eigenvalue weighted by atomic mass is 32.2. The number of carbonyl (C=O) groups is 1. The number of hydrogen-bond donors (Lipinski definition) is 2. The maximum atomic E-state index is 12.7. The minimum atomic E-state index is -3.76. The lowest BCUT2D eigenvalue weighted by Crippen LogP contribution is -2.52. The maximum Gasteiger partial charge on any atom is 0.240 e. The second-order valence-corrected chi connectivity index (χ2v) is 10.2. The molecule has 2 N–H and O–H groups in total. The second-order valence-electron chi connectivity index (χ2n) is 8.40. The molecule has 0 radical (unpaired) electrons. The van der Waals surface area contributed by atoms with Crippen LogP contribution in [0.15, 0.2) is 23.1 Å². The van der Waals surface area contributed by atoms with Gasteiger partial charge in [0.25, 0.3) is 0 Å². The van der Waals surface area contributed by atoms with Gasteiger partial charge in [0, 0.05) is 51.1 Å². The van der Waals surface area contributed by atoms with E-state index in [2.05, 4.69) is 28.8 Å². The van der Waals surface area contributed by atoms with Gasteiger partial charge in [-0.1, -0.05) is 26.7 Å². The first-order valence-corrected chi connectivity index (χ1v) is 13.4. The molecular formula is C23H37N3O6S. The predicted molar refractivity (Wildman–Crippen MR) is 125 cm³/mol. The van der Waals surface area contributed by atoms with Crippen molar-refractivity contribution in [2.45, 2.75) is 50.5 Å². The molecule has 10 heteroatoms. The minimum Gasteiger partial charge on any atom is -0.490 e. The van der Waals surface area contributed by atoms with Crippen molar-refractivity contribution in [2.24, 2.45) is 5.92 Å². The van der Waals surface area contributed by atoms with Crippen LogP contribution in [0.3, 0.4) is 0 Å². The number of nitrogens with one attached hydrogen (secondary N) is 2. The molecule has 0 bridgehead atoms. The molecule has 186 valence electrons. The van der Waals surface area contributed by atoms with Crippen molar-refractivity contribution in [2.75, 3.05) is 52.6 Å². The number of carbonyl (C=O) groups excluding carboxylic acids is 1. The molecule has 0 spiro atoms. The van der Waals surface area contributed by atoms with E-state index in [1.54, 1.807) is 6.07 Å². The van der Waals surface area contributed by atoms with E-state index in [1.807, 2.05) is 0 Å². The Balaban J connectivity index is 1.50. The lowest BCUT2D eigenvalue weighted by Gasteiger charge is -2.38. The van der Waals surface area contributed by atoms with Gasteiger partial charge in [0.15, 0.2) is 11.5 Å². The van der Waals surface area contributed by atoms with E-state index in [-0.39, 0.29) is 29.8 Å². The molecule has 1 saturated heterocycles. The van der Waals surface area contributed by atoms with E-state index >= 15 is 0 Å². The summed E-state index contributed by atoms with van der Waals surface area (Å²) < 4.78 is 44.4. The number of hydrogen-bond acceptors (Lipinski definition) is 7. The van der Waals surface area contributed by atoms with Crippen LogP contribution in [0.5, 0.6) is 11.5 Å². The molecule has 1 fully saturated rings. The number of ether oxygens (including phenoxy) is 3. The molecule has 33 heavy (non-hydrogen) atoms. The molecule has 3 rings (SSSR count). The molecule has 0 aliphatic carbocycles. The van der Waals surface area contributed by atoms with Crippen LogP contribution in [0.1, 0.15) is 39.5 Å². The highest BCUT2D eigenvalue weighted by Crippen LogP contribution is 2.31. The lowest BCUT2D eigenvalue weighted by atomic mass is 9.92. The average Bonchev–Trinajstić information content (AvgIpc) is 3.07. The first-order valence-electron chi connectivity index (χ1n) is 11.9. The van der Waals surface area contributed by atoms with Crippen LogP contribution >= 0.6 is 0 Å². The number of nitrogens with zero attached hydrogens (tertiary/aromatic N) is 1. The van der Waals surface area contributed by atoms with Crippen molar-refractivity contribution in [1.82, 2.24) is 14.9 Å². The Morgan fingerprint density at radius 3 is 2.45 bits per heavy atom. The Kier molecular flexibility index (Phi) is 9.78. The van der Waals surface area contributed by atoms with E-state index in [0.717, 1.165) is 32.4 Å². The first kappa shape index (κ1) is 25.7. The fourth-order valence-corrected chi connectivity index (χ4v) is 5.38. The van der Waals surface area contributed by atoms with Crippen molar-refractivity contribution in [3.8, 4) is 11.5 Å². The summed E-state index contributed by atoms with van der Waals surface area (Å²) in [5.74, 6) is 1.28. The highest BCUT2D eigenvalue weighted by molar-refractivity contribution is 7.89. The minimum absolute atomic E-state index is 0.0236. The third kappa shape index (κ3) is 7.30. The summed E-state index contributed by atoms with van der Waals surface area (Å²) in [6, 6.07) is 4.81. The summed E-state index contributed by atoms with van der Waals surface area (Å²) in [5, 5.41) is 3.01. The van der Waals surface area contributed by atoms with E-state index in [4.69, 9.17) is 14.2 Å². The van der Waals surface area contributed by atoms with Crippen molar-refractivity contribution >= 4 is 15.9 Å². The Bertz CT molecular complexity index is 869. The summed E-state index contributed by atoms with van der Waals surface area (Å²) in [6.07, 6.45) is 2.91. The normalized spacial score (nSPS) is 18.0. The summed E-state index contributed by atoms with van der Waals surface area (Å²) in [5.41, 5.74) is 0. The summed E-state index contributed by atoms with van der Waals surface area (Å²) in [4.78, 5) is 14.9. The quantitative estimate of drug-likeness (QED) is 0.494. The molecule has 1 unspecified atom stereocenters. The van der Waals surface area contributed by atoms with Gasteiger partial charge in [-0.15, -0.1) is 0 Å². The third-order valence-electron chi connectivity index (χ3n) is 6.29. The van der Waals surface area contributed by atoms with Gasteiger partial charge in [-0.2, -0.15) is 0 Å². The highest BCUT2D eigenvalue weighted by Gasteiger charge is 2.27. The Labute approximate surface area is 197 Å². The van der Waals surface area contributed by atoms with Crippen LogP contribution in [0.4, 0.5) is 0 Å². The fourth-order valence-electron chi connectivity index (χ4n) is 4.34. The Hall–Kier alpha value is -1.88. The van der Waals surface area contributed by atoms with E-state index in [0.29, 0.717) is 50.4 Å². The smallest absolute Gasteiger partial charge is 0.240 e. The Morgan fingerprint density at radius 1 is 1.06 bits per heavy atom. The van der Waals surface area contributed by atoms with Gasteiger partial charge in [0.2, 0.25) is 15.9 Å². The van der Waals surface area contributed by atoms with Gasteiger partial charge in [-0.3, -0.25) is 9.69 Å². The number of amides is 1. The second kappa shape index (κ2) is 12.5.